The number of furan rings is 1. The summed E-state index contributed by atoms with van der Waals surface area (Å²) < 4.78 is 5.51. The molecule has 2 atom stereocenters. The van der Waals surface area contributed by atoms with Crippen molar-refractivity contribution in [3.05, 3.63) is 23.7 Å². The zero-order chi connectivity index (χ0) is 13.0. The maximum Gasteiger partial charge on any atom is 0.129 e. The normalized spacial score (nSPS) is 24.7. The lowest BCUT2D eigenvalue weighted by Crippen LogP contribution is -2.40. The molecule has 0 aromatic carbocycles. The van der Waals surface area contributed by atoms with Gasteiger partial charge in [-0.05, 0) is 36.8 Å². The average Bonchev–Trinajstić information content (AvgIpc) is 2.84. The summed E-state index contributed by atoms with van der Waals surface area (Å²) in [6.07, 6.45) is 5.32. The molecule has 3 heteroatoms. The number of hydrogen-bond acceptors (Lipinski definition) is 3. The molecule has 1 aromatic heterocycles. The van der Waals surface area contributed by atoms with Gasteiger partial charge in [0.15, 0.2) is 0 Å². The Balaban J connectivity index is 1.87. The molecule has 0 spiro atoms. The van der Waals surface area contributed by atoms with Crippen molar-refractivity contribution < 1.29 is 9.52 Å². The van der Waals surface area contributed by atoms with Crippen molar-refractivity contribution in [3.63, 3.8) is 0 Å². The van der Waals surface area contributed by atoms with Gasteiger partial charge in [-0.1, -0.05) is 26.7 Å². The van der Waals surface area contributed by atoms with Crippen molar-refractivity contribution in [2.45, 2.75) is 58.7 Å². The van der Waals surface area contributed by atoms with Crippen LogP contribution in [0.3, 0.4) is 0 Å². The van der Waals surface area contributed by atoms with E-state index in [9.17, 15) is 0 Å². The van der Waals surface area contributed by atoms with Gasteiger partial charge in [-0.15, -0.1) is 0 Å². The molecule has 102 valence electrons. The molecule has 0 saturated heterocycles. The quantitative estimate of drug-likeness (QED) is 0.845. The second-order valence-corrected chi connectivity index (χ2v) is 5.71. The molecule has 1 aromatic rings. The number of aliphatic hydroxyl groups is 1. The molecule has 2 rings (SSSR count). The van der Waals surface area contributed by atoms with E-state index < -0.39 is 0 Å². The minimum absolute atomic E-state index is 0.0158. The summed E-state index contributed by atoms with van der Waals surface area (Å²) in [6.45, 7) is 5.40. The second kappa shape index (κ2) is 6.39. The Morgan fingerprint density at radius 2 is 2.00 bits per heavy atom. The minimum Gasteiger partial charge on any atom is -0.462 e. The van der Waals surface area contributed by atoms with E-state index in [4.69, 9.17) is 9.52 Å². The first-order valence-corrected chi connectivity index (χ1v) is 7.12. The summed E-state index contributed by atoms with van der Waals surface area (Å²) in [5, 5.41) is 12.6. The van der Waals surface area contributed by atoms with Crippen molar-refractivity contribution in [2.24, 2.45) is 11.8 Å². The van der Waals surface area contributed by atoms with Gasteiger partial charge in [0.05, 0.1) is 6.54 Å². The maximum absolute atomic E-state index is 8.97. The van der Waals surface area contributed by atoms with E-state index in [1.54, 1.807) is 0 Å². The van der Waals surface area contributed by atoms with Crippen LogP contribution in [0.15, 0.2) is 16.5 Å². The van der Waals surface area contributed by atoms with E-state index in [1.807, 2.05) is 12.1 Å². The van der Waals surface area contributed by atoms with E-state index in [-0.39, 0.29) is 6.61 Å². The lowest BCUT2D eigenvalue weighted by atomic mass is 9.78. The van der Waals surface area contributed by atoms with Crippen LogP contribution < -0.4 is 5.32 Å². The third-order valence-electron chi connectivity index (χ3n) is 4.09. The van der Waals surface area contributed by atoms with Crippen molar-refractivity contribution in [2.75, 3.05) is 0 Å². The van der Waals surface area contributed by atoms with Gasteiger partial charge >= 0.3 is 0 Å². The van der Waals surface area contributed by atoms with Gasteiger partial charge in [-0.3, -0.25) is 0 Å². The molecule has 0 aliphatic heterocycles. The third kappa shape index (κ3) is 3.36. The topological polar surface area (TPSA) is 45.4 Å². The smallest absolute Gasteiger partial charge is 0.129 e. The number of aliphatic hydroxyl groups excluding tert-OH is 1. The molecule has 2 N–H and O–H groups in total. The Kier molecular flexibility index (Phi) is 4.84. The highest BCUT2D eigenvalue weighted by Gasteiger charge is 2.27. The Morgan fingerprint density at radius 1 is 1.28 bits per heavy atom. The first kappa shape index (κ1) is 13.6. The van der Waals surface area contributed by atoms with E-state index >= 15 is 0 Å². The monoisotopic (exact) mass is 251 g/mol. The van der Waals surface area contributed by atoms with Crippen LogP contribution in [-0.2, 0) is 13.2 Å². The van der Waals surface area contributed by atoms with E-state index in [1.165, 1.54) is 25.7 Å². The van der Waals surface area contributed by atoms with Gasteiger partial charge in [0.25, 0.3) is 0 Å². The molecule has 1 heterocycles. The highest BCUT2D eigenvalue weighted by atomic mass is 16.4. The second-order valence-electron chi connectivity index (χ2n) is 5.71. The summed E-state index contributed by atoms with van der Waals surface area (Å²) in [6, 6.07) is 4.41. The van der Waals surface area contributed by atoms with Crippen molar-refractivity contribution >= 4 is 0 Å². The summed E-state index contributed by atoms with van der Waals surface area (Å²) >= 11 is 0. The molecule has 0 bridgehead atoms. The van der Waals surface area contributed by atoms with E-state index in [0.717, 1.165) is 24.1 Å². The SMILES string of the molecule is CC(C)C1CCCCC1NCc1ccc(CO)o1. The number of hydrogen-bond donors (Lipinski definition) is 2. The van der Waals surface area contributed by atoms with Crippen LogP contribution in [0.2, 0.25) is 0 Å². The van der Waals surface area contributed by atoms with Crippen molar-refractivity contribution in [1.82, 2.24) is 5.32 Å². The van der Waals surface area contributed by atoms with Crippen LogP contribution in [0.25, 0.3) is 0 Å². The first-order chi connectivity index (χ1) is 8.70. The van der Waals surface area contributed by atoms with Crippen molar-refractivity contribution in [1.29, 1.82) is 0 Å². The maximum atomic E-state index is 8.97. The van der Waals surface area contributed by atoms with Crippen LogP contribution >= 0.6 is 0 Å². The van der Waals surface area contributed by atoms with Gasteiger partial charge < -0.3 is 14.8 Å². The lowest BCUT2D eigenvalue weighted by Gasteiger charge is -2.34. The molecule has 3 nitrogen and oxygen atoms in total. The molecule has 0 radical (unpaired) electrons. The minimum atomic E-state index is -0.0158. The average molecular weight is 251 g/mol. The summed E-state index contributed by atoms with van der Waals surface area (Å²) in [4.78, 5) is 0. The first-order valence-electron chi connectivity index (χ1n) is 7.12. The standard InChI is InChI=1S/C15H25NO2/c1-11(2)14-5-3-4-6-15(14)16-9-12-7-8-13(10-17)18-12/h7-8,11,14-17H,3-6,9-10H2,1-2H3. The molecule has 0 amide bonds. The van der Waals surface area contributed by atoms with Crippen LogP contribution in [0.1, 0.15) is 51.1 Å². The molecule has 2 unspecified atom stereocenters. The Bertz CT molecular complexity index is 359. The summed E-state index contributed by atoms with van der Waals surface area (Å²) in [7, 11) is 0. The number of rotatable bonds is 5. The fourth-order valence-electron chi connectivity index (χ4n) is 3.04. The van der Waals surface area contributed by atoms with Gasteiger partial charge in [0.1, 0.15) is 18.1 Å². The zero-order valence-corrected chi connectivity index (χ0v) is 11.5. The van der Waals surface area contributed by atoms with E-state index in [2.05, 4.69) is 19.2 Å². The van der Waals surface area contributed by atoms with Gasteiger partial charge in [0.2, 0.25) is 0 Å². The molecule has 18 heavy (non-hydrogen) atoms. The van der Waals surface area contributed by atoms with Gasteiger partial charge in [0, 0.05) is 6.04 Å². The van der Waals surface area contributed by atoms with Crippen molar-refractivity contribution in [3.8, 4) is 0 Å². The van der Waals surface area contributed by atoms with Gasteiger partial charge in [-0.2, -0.15) is 0 Å². The molecular formula is C15H25NO2. The fourth-order valence-corrected chi connectivity index (χ4v) is 3.04. The Labute approximate surface area is 110 Å². The van der Waals surface area contributed by atoms with Gasteiger partial charge in [-0.25, -0.2) is 0 Å². The third-order valence-corrected chi connectivity index (χ3v) is 4.09. The largest absolute Gasteiger partial charge is 0.462 e. The molecule has 1 aliphatic rings. The Morgan fingerprint density at radius 3 is 2.67 bits per heavy atom. The highest BCUT2D eigenvalue weighted by Crippen LogP contribution is 2.30. The highest BCUT2D eigenvalue weighted by molar-refractivity contribution is 5.06. The van der Waals surface area contributed by atoms with E-state index in [0.29, 0.717) is 11.8 Å². The summed E-state index contributed by atoms with van der Waals surface area (Å²) in [5.74, 6) is 3.10. The van der Waals surface area contributed by atoms with Crippen LogP contribution in [0, 0.1) is 11.8 Å². The molecule has 1 aliphatic carbocycles. The lowest BCUT2D eigenvalue weighted by molar-refractivity contribution is 0.199. The fraction of sp³-hybridized carbons (Fsp3) is 0.733. The molecular weight excluding hydrogens is 226 g/mol. The molecule has 1 saturated carbocycles. The van der Waals surface area contributed by atoms with Crippen LogP contribution in [0.4, 0.5) is 0 Å². The molecule has 1 fully saturated rings. The Hall–Kier alpha value is -0.800. The predicted octanol–water partition coefficient (Wildman–Crippen LogP) is 3.08. The number of nitrogens with one attached hydrogen (secondary N) is 1. The zero-order valence-electron chi connectivity index (χ0n) is 11.5. The van der Waals surface area contributed by atoms with Crippen LogP contribution in [-0.4, -0.2) is 11.1 Å². The summed E-state index contributed by atoms with van der Waals surface area (Å²) in [5.41, 5.74) is 0. The predicted molar refractivity (Wildman–Crippen MR) is 72.1 cm³/mol. The van der Waals surface area contributed by atoms with Crippen LogP contribution in [0.5, 0.6) is 0 Å².